The monoisotopic (exact) mass is 256 g/mol. The van der Waals surface area contributed by atoms with Gasteiger partial charge in [-0.1, -0.05) is 6.92 Å². The van der Waals surface area contributed by atoms with E-state index in [1.807, 2.05) is 0 Å². The van der Waals surface area contributed by atoms with Crippen LogP contribution in [0.4, 0.5) is 17.6 Å². The molecule has 0 aliphatic carbocycles. The summed E-state index contributed by atoms with van der Waals surface area (Å²) in [6, 6.07) is 0. The molecule has 9 heavy (non-hydrogen) atoms. The molecule has 0 aliphatic rings. The second kappa shape index (κ2) is 3.03. The molecule has 0 saturated heterocycles. The van der Waals surface area contributed by atoms with E-state index in [2.05, 4.69) is 0 Å². The molecule has 2 atom stereocenters. The summed E-state index contributed by atoms with van der Waals surface area (Å²) in [5, 5.41) is 0. The summed E-state index contributed by atoms with van der Waals surface area (Å²) < 4.78 is 44.4. The minimum absolute atomic E-state index is 0.817. The molecular weight excluding hydrogens is 251 g/mol. The van der Waals surface area contributed by atoms with Crippen molar-refractivity contribution in [3.8, 4) is 0 Å². The third-order valence-corrected chi connectivity index (χ3v) is 1.97. The third-order valence-electron chi connectivity index (χ3n) is 0.894. The highest BCUT2D eigenvalue weighted by Gasteiger charge is 2.40. The van der Waals surface area contributed by atoms with Crippen LogP contribution in [-0.2, 0) is 0 Å². The standard InChI is InChI=1S/C4H5F4I/c1-2(3(5)9)4(6,7)8/h2-3H,1H3/t2-,3-/m0/s1. The zero-order valence-electron chi connectivity index (χ0n) is 4.54. The number of hydrogen-bond acceptors (Lipinski definition) is 0. The topological polar surface area (TPSA) is 0 Å². The van der Waals surface area contributed by atoms with Gasteiger partial charge in [-0.05, 0) is 22.6 Å². The summed E-state index contributed by atoms with van der Waals surface area (Å²) in [5.74, 6) is -1.86. The fourth-order valence-corrected chi connectivity index (χ4v) is 0.551. The molecule has 0 spiro atoms. The smallest absolute Gasteiger partial charge is 0.235 e. The molecule has 5 heteroatoms. The van der Waals surface area contributed by atoms with Crippen molar-refractivity contribution < 1.29 is 17.6 Å². The molecule has 0 aliphatic heterocycles. The zero-order valence-corrected chi connectivity index (χ0v) is 6.70. The van der Waals surface area contributed by atoms with E-state index in [0.717, 1.165) is 29.5 Å². The first-order valence-corrected chi connectivity index (χ1v) is 3.45. The normalized spacial score (nSPS) is 19.3. The van der Waals surface area contributed by atoms with Crippen LogP contribution in [0.15, 0.2) is 0 Å². The van der Waals surface area contributed by atoms with Crippen LogP contribution < -0.4 is 0 Å². The minimum Gasteiger partial charge on any atom is -0.235 e. The van der Waals surface area contributed by atoms with Crippen LogP contribution in [0.25, 0.3) is 0 Å². The van der Waals surface area contributed by atoms with Gasteiger partial charge in [0.2, 0.25) is 0 Å². The SMILES string of the molecule is C[C@@H]([C@@H](F)I)C(F)(F)F. The molecule has 0 aromatic heterocycles. The molecule has 0 aromatic carbocycles. The lowest BCUT2D eigenvalue weighted by atomic mass is 10.2. The molecule has 0 aromatic rings. The fraction of sp³-hybridized carbons (Fsp3) is 1.00. The van der Waals surface area contributed by atoms with E-state index in [4.69, 9.17) is 0 Å². The van der Waals surface area contributed by atoms with Gasteiger partial charge in [0.05, 0.1) is 5.92 Å². The Morgan fingerprint density at radius 1 is 1.33 bits per heavy atom. The maximum absolute atomic E-state index is 11.9. The summed E-state index contributed by atoms with van der Waals surface area (Å²) in [6.07, 6.45) is -4.40. The molecule has 0 fully saturated rings. The Balaban J connectivity index is 3.88. The zero-order chi connectivity index (χ0) is 7.65. The largest absolute Gasteiger partial charge is 0.395 e. The Morgan fingerprint density at radius 3 is 1.67 bits per heavy atom. The van der Waals surface area contributed by atoms with E-state index in [9.17, 15) is 17.6 Å². The Hall–Kier alpha value is 0.450. The van der Waals surface area contributed by atoms with Gasteiger partial charge < -0.3 is 0 Å². The number of rotatable bonds is 1. The van der Waals surface area contributed by atoms with E-state index in [1.165, 1.54) is 0 Å². The second-order valence-corrected chi connectivity index (χ2v) is 2.85. The van der Waals surface area contributed by atoms with E-state index in [0.29, 0.717) is 0 Å². The van der Waals surface area contributed by atoms with Gasteiger partial charge in [0, 0.05) is 0 Å². The highest BCUT2D eigenvalue weighted by molar-refractivity contribution is 14.1. The summed E-state index contributed by atoms with van der Waals surface area (Å²) in [7, 11) is 0. The lowest BCUT2D eigenvalue weighted by molar-refractivity contribution is -0.175. The first-order valence-electron chi connectivity index (χ1n) is 2.20. The number of alkyl halides is 5. The van der Waals surface area contributed by atoms with Crippen LogP contribution >= 0.6 is 22.6 Å². The van der Waals surface area contributed by atoms with E-state index in [-0.39, 0.29) is 0 Å². The van der Waals surface area contributed by atoms with Crippen molar-refractivity contribution in [2.75, 3.05) is 0 Å². The summed E-state index contributed by atoms with van der Waals surface area (Å²) >= 11 is 1.11. The van der Waals surface area contributed by atoms with Gasteiger partial charge in [-0.15, -0.1) is 0 Å². The molecule has 0 radical (unpaired) electrons. The van der Waals surface area contributed by atoms with Crippen molar-refractivity contribution >= 4 is 22.6 Å². The van der Waals surface area contributed by atoms with Crippen molar-refractivity contribution in [1.82, 2.24) is 0 Å². The van der Waals surface area contributed by atoms with Crippen LogP contribution in [0.2, 0.25) is 0 Å². The van der Waals surface area contributed by atoms with Gasteiger partial charge in [-0.2, -0.15) is 13.2 Å². The molecule has 56 valence electrons. The van der Waals surface area contributed by atoms with E-state index >= 15 is 0 Å². The van der Waals surface area contributed by atoms with Crippen molar-refractivity contribution in [2.45, 2.75) is 17.3 Å². The Labute approximate surface area is 63.8 Å². The highest BCUT2D eigenvalue weighted by Crippen LogP contribution is 2.32. The van der Waals surface area contributed by atoms with Gasteiger partial charge in [-0.3, -0.25) is 0 Å². The summed E-state index contributed by atoms with van der Waals surface area (Å²) in [4.78, 5) is 0. The van der Waals surface area contributed by atoms with Gasteiger partial charge in [0.1, 0.15) is 0 Å². The Bertz CT molecular complexity index is 87.1. The fourth-order valence-electron chi connectivity index (χ4n) is 0.143. The second-order valence-electron chi connectivity index (χ2n) is 1.66. The average molecular weight is 256 g/mol. The average Bonchev–Trinajstić information content (AvgIpc) is 1.62. The van der Waals surface area contributed by atoms with Crippen molar-refractivity contribution in [3.63, 3.8) is 0 Å². The third kappa shape index (κ3) is 3.22. The Kier molecular flexibility index (Phi) is 3.18. The summed E-state index contributed by atoms with van der Waals surface area (Å²) in [5.41, 5.74) is 0. The molecule has 0 rings (SSSR count). The van der Waals surface area contributed by atoms with Gasteiger partial charge in [0.25, 0.3) is 0 Å². The van der Waals surface area contributed by atoms with Crippen molar-refractivity contribution in [3.05, 3.63) is 0 Å². The maximum Gasteiger partial charge on any atom is 0.395 e. The van der Waals surface area contributed by atoms with Crippen LogP contribution in [0.3, 0.4) is 0 Å². The van der Waals surface area contributed by atoms with Crippen LogP contribution in [0.5, 0.6) is 0 Å². The number of hydrogen-bond donors (Lipinski definition) is 0. The van der Waals surface area contributed by atoms with Crippen molar-refractivity contribution in [1.29, 1.82) is 0 Å². The first kappa shape index (κ1) is 9.45. The number of halogens is 5. The molecule has 0 bridgehead atoms. The maximum atomic E-state index is 11.9. The quantitative estimate of drug-likeness (QED) is 0.384. The molecule has 0 heterocycles. The molecule has 0 amide bonds. The van der Waals surface area contributed by atoms with Gasteiger partial charge in [-0.25, -0.2) is 4.39 Å². The van der Waals surface area contributed by atoms with Crippen molar-refractivity contribution in [2.24, 2.45) is 5.92 Å². The highest BCUT2D eigenvalue weighted by atomic mass is 127. The summed E-state index contributed by atoms with van der Waals surface area (Å²) in [6.45, 7) is 0.817. The van der Waals surface area contributed by atoms with Gasteiger partial charge in [0.15, 0.2) is 4.18 Å². The first-order chi connectivity index (χ1) is 3.85. The van der Waals surface area contributed by atoms with Crippen LogP contribution in [-0.4, -0.2) is 10.4 Å². The van der Waals surface area contributed by atoms with Gasteiger partial charge >= 0.3 is 6.18 Å². The molecule has 0 unspecified atom stereocenters. The molecule has 0 saturated carbocycles. The minimum atomic E-state index is -4.40. The lowest BCUT2D eigenvalue weighted by Crippen LogP contribution is -2.25. The van der Waals surface area contributed by atoms with Crippen LogP contribution in [0.1, 0.15) is 6.92 Å². The predicted octanol–water partition coefficient (Wildman–Crippen LogP) is 2.92. The predicted molar refractivity (Wildman–Crippen MR) is 34.1 cm³/mol. The van der Waals surface area contributed by atoms with Crippen LogP contribution in [0, 0.1) is 5.92 Å². The lowest BCUT2D eigenvalue weighted by Gasteiger charge is -2.14. The molecule has 0 N–H and O–H groups in total. The Morgan fingerprint density at radius 2 is 1.67 bits per heavy atom. The molecular formula is C4H5F4I. The van der Waals surface area contributed by atoms with E-state index in [1.54, 1.807) is 0 Å². The molecule has 0 nitrogen and oxygen atoms in total. The van der Waals surface area contributed by atoms with E-state index < -0.39 is 16.3 Å².